The average Bonchev–Trinajstić information content (AvgIpc) is 3.18. The van der Waals surface area contributed by atoms with Gasteiger partial charge in [0.05, 0.1) is 18.8 Å². The first-order valence-electron chi connectivity index (χ1n) is 22.8. The lowest BCUT2D eigenvalue weighted by molar-refractivity contribution is -0.123. The third-order valence-electron chi connectivity index (χ3n) is 9.92. The maximum absolute atomic E-state index is 12.4. The van der Waals surface area contributed by atoms with Gasteiger partial charge in [0.25, 0.3) is 0 Å². The second kappa shape index (κ2) is 45.0. The predicted octanol–water partition coefficient (Wildman–Crippen LogP) is 14.5. The van der Waals surface area contributed by atoms with Crippen LogP contribution in [0.3, 0.4) is 0 Å². The van der Waals surface area contributed by atoms with E-state index in [1.165, 1.54) is 96.3 Å². The molecule has 0 bridgehead atoms. The molecule has 0 aromatic carbocycles. The maximum atomic E-state index is 12.4. The predicted molar refractivity (Wildman–Crippen MR) is 239 cm³/mol. The fourth-order valence-electron chi connectivity index (χ4n) is 6.46. The minimum atomic E-state index is -0.668. The van der Waals surface area contributed by atoms with Crippen LogP contribution in [0.2, 0.25) is 0 Å². The zero-order valence-electron chi connectivity index (χ0n) is 35.5. The Labute approximate surface area is 335 Å². The number of aliphatic hydroxyl groups is 2. The van der Waals surface area contributed by atoms with E-state index in [0.717, 1.165) is 83.5 Å². The Morgan fingerprint density at radius 2 is 0.815 bits per heavy atom. The highest BCUT2D eigenvalue weighted by atomic mass is 16.3. The van der Waals surface area contributed by atoms with Gasteiger partial charge in [-0.25, -0.2) is 0 Å². The van der Waals surface area contributed by atoms with Crippen molar-refractivity contribution in [1.82, 2.24) is 5.32 Å². The first-order valence-corrected chi connectivity index (χ1v) is 22.8. The van der Waals surface area contributed by atoms with Gasteiger partial charge in [-0.2, -0.15) is 0 Å². The highest BCUT2D eigenvalue weighted by Crippen LogP contribution is 2.15. The molecule has 0 aromatic heterocycles. The van der Waals surface area contributed by atoms with E-state index in [2.05, 4.69) is 104 Å². The van der Waals surface area contributed by atoms with Crippen LogP contribution >= 0.6 is 0 Å². The van der Waals surface area contributed by atoms with Gasteiger partial charge in [0, 0.05) is 6.42 Å². The molecule has 0 aliphatic rings. The van der Waals surface area contributed by atoms with E-state index in [0.29, 0.717) is 12.8 Å². The highest BCUT2D eigenvalue weighted by Gasteiger charge is 2.19. The number of carbonyl (C=O) groups is 1. The van der Waals surface area contributed by atoms with Crippen LogP contribution in [0.5, 0.6) is 0 Å². The first-order chi connectivity index (χ1) is 26.7. The van der Waals surface area contributed by atoms with Crippen molar-refractivity contribution in [3.05, 3.63) is 85.1 Å². The highest BCUT2D eigenvalue weighted by molar-refractivity contribution is 5.76. The molecule has 0 saturated carbocycles. The minimum Gasteiger partial charge on any atom is -0.394 e. The Hall–Kier alpha value is -2.43. The van der Waals surface area contributed by atoms with Crippen LogP contribution in [0.1, 0.15) is 206 Å². The van der Waals surface area contributed by atoms with Gasteiger partial charge >= 0.3 is 0 Å². The van der Waals surface area contributed by atoms with Crippen molar-refractivity contribution in [2.24, 2.45) is 0 Å². The number of nitrogens with one attached hydrogen (secondary N) is 1. The summed E-state index contributed by atoms with van der Waals surface area (Å²) in [6, 6.07) is -0.547. The van der Waals surface area contributed by atoms with Crippen LogP contribution in [0.25, 0.3) is 0 Å². The fourth-order valence-corrected chi connectivity index (χ4v) is 6.46. The second-order valence-corrected chi connectivity index (χ2v) is 15.1. The number of aliphatic hydroxyl groups excluding tert-OH is 2. The molecule has 0 aliphatic heterocycles. The molecule has 0 heterocycles. The van der Waals surface area contributed by atoms with Gasteiger partial charge < -0.3 is 15.5 Å². The molecule has 310 valence electrons. The lowest BCUT2D eigenvalue weighted by Crippen LogP contribution is -2.45. The monoisotopic (exact) mass is 750 g/mol. The molecule has 0 aromatic rings. The summed E-state index contributed by atoms with van der Waals surface area (Å²) < 4.78 is 0. The Morgan fingerprint density at radius 3 is 1.22 bits per heavy atom. The Morgan fingerprint density at radius 1 is 0.463 bits per heavy atom. The smallest absolute Gasteiger partial charge is 0.220 e. The maximum Gasteiger partial charge on any atom is 0.220 e. The largest absolute Gasteiger partial charge is 0.394 e. The van der Waals surface area contributed by atoms with Crippen LogP contribution in [-0.2, 0) is 4.79 Å². The topological polar surface area (TPSA) is 69.6 Å². The molecule has 0 rings (SSSR count). The van der Waals surface area contributed by atoms with Crippen molar-refractivity contribution in [3.63, 3.8) is 0 Å². The zero-order valence-corrected chi connectivity index (χ0v) is 35.5. The average molecular weight is 750 g/mol. The molecular weight excluding hydrogens is 663 g/mol. The van der Waals surface area contributed by atoms with E-state index >= 15 is 0 Å². The zero-order chi connectivity index (χ0) is 39.3. The fraction of sp³-hybridized carbons (Fsp3) is 0.700. The number of unbranched alkanes of at least 4 members (excludes halogenated alkanes) is 19. The number of allylic oxidation sites excluding steroid dienone is 14. The molecule has 1 amide bonds. The number of amides is 1. The summed E-state index contributed by atoms with van der Waals surface area (Å²) in [5.74, 6) is -0.0470. The molecule has 0 spiro atoms. The summed E-state index contributed by atoms with van der Waals surface area (Å²) in [7, 11) is 0. The molecule has 2 atom stereocenters. The van der Waals surface area contributed by atoms with Gasteiger partial charge in [0.1, 0.15) is 0 Å². The number of carbonyl (C=O) groups excluding carboxylic acids is 1. The number of hydrogen-bond acceptors (Lipinski definition) is 3. The molecule has 0 fully saturated rings. The van der Waals surface area contributed by atoms with Crippen LogP contribution in [-0.4, -0.2) is 34.9 Å². The van der Waals surface area contributed by atoms with Crippen molar-refractivity contribution in [2.75, 3.05) is 6.61 Å². The molecule has 54 heavy (non-hydrogen) atoms. The van der Waals surface area contributed by atoms with Crippen LogP contribution in [0.15, 0.2) is 85.1 Å². The molecule has 0 aliphatic carbocycles. The standard InChI is InChI=1S/C50H87NO3/c1-3-5-7-9-11-13-15-17-18-19-20-21-22-23-24-25-26-27-28-29-30-31-32-34-36-38-40-42-44-46-50(54)51-48(47-52)49(53)45-43-41-39-37-35-33-16-14-12-10-8-6-4-2/h5,7,11,13,17-18,20-21,23-24,26-27,29-30,48-49,52-53H,3-4,6,8-10,12,14-16,19,22,25,28,31-47H2,1-2H3,(H,51,54)/b7-5-,13-11-,18-17-,21-20-,24-23-,27-26-,30-29-. The molecule has 3 N–H and O–H groups in total. The van der Waals surface area contributed by atoms with E-state index in [9.17, 15) is 15.0 Å². The van der Waals surface area contributed by atoms with E-state index in [-0.39, 0.29) is 12.5 Å². The molecule has 0 saturated heterocycles. The van der Waals surface area contributed by atoms with Gasteiger partial charge in [-0.05, 0) is 70.6 Å². The van der Waals surface area contributed by atoms with Gasteiger partial charge in [-0.1, -0.05) is 214 Å². The quantitative estimate of drug-likeness (QED) is 0.0431. The van der Waals surface area contributed by atoms with E-state index in [1.807, 2.05) is 0 Å². The summed E-state index contributed by atoms with van der Waals surface area (Å²) in [6.07, 6.45) is 65.1. The molecular formula is C50H87NO3. The van der Waals surface area contributed by atoms with Crippen LogP contribution < -0.4 is 5.32 Å². The Balaban J connectivity index is 3.61. The summed E-state index contributed by atoms with van der Waals surface area (Å²) in [5.41, 5.74) is 0. The molecule has 2 unspecified atom stereocenters. The Kier molecular flexibility index (Phi) is 42.9. The lowest BCUT2D eigenvalue weighted by Gasteiger charge is -2.22. The summed E-state index contributed by atoms with van der Waals surface area (Å²) in [4.78, 5) is 12.4. The van der Waals surface area contributed by atoms with Crippen molar-refractivity contribution >= 4 is 5.91 Å². The Bertz CT molecular complexity index is 988. The van der Waals surface area contributed by atoms with E-state index in [1.54, 1.807) is 0 Å². The summed E-state index contributed by atoms with van der Waals surface area (Å²) in [6.45, 7) is 4.23. The van der Waals surface area contributed by atoms with Gasteiger partial charge in [-0.3, -0.25) is 4.79 Å². The number of hydrogen-bond donors (Lipinski definition) is 3. The first kappa shape index (κ1) is 51.6. The van der Waals surface area contributed by atoms with Gasteiger partial charge in [-0.15, -0.1) is 0 Å². The molecule has 4 heteroatoms. The minimum absolute atomic E-state index is 0.0470. The SMILES string of the molecule is CC/C=C\C/C=C\C/C=C\C/C=C\C/C=C\C/C=C\C/C=C\CCCCCCCCCC(=O)NC(CO)C(O)CCCCCCCCCCCCCCC. The third-order valence-corrected chi connectivity index (χ3v) is 9.92. The van der Waals surface area contributed by atoms with Crippen molar-refractivity contribution in [3.8, 4) is 0 Å². The van der Waals surface area contributed by atoms with Crippen molar-refractivity contribution in [2.45, 2.75) is 219 Å². The summed E-state index contributed by atoms with van der Waals surface area (Å²) in [5, 5.41) is 23.1. The van der Waals surface area contributed by atoms with E-state index in [4.69, 9.17) is 0 Å². The van der Waals surface area contributed by atoms with Crippen LogP contribution in [0.4, 0.5) is 0 Å². The van der Waals surface area contributed by atoms with Crippen LogP contribution in [0, 0.1) is 0 Å². The van der Waals surface area contributed by atoms with Gasteiger partial charge in [0.15, 0.2) is 0 Å². The molecule has 4 nitrogen and oxygen atoms in total. The lowest BCUT2D eigenvalue weighted by atomic mass is 10.0. The second-order valence-electron chi connectivity index (χ2n) is 15.1. The normalized spacial score (nSPS) is 13.8. The number of rotatable bonds is 40. The third kappa shape index (κ3) is 40.7. The summed E-state index contributed by atoms with van der Waals surface area (Å²) >= 11 is 0. The van der Waals surface area contributed by atoms with Crippen molar-refractivity contribution in [1.29, 1.82) is 0 Å². The molecule has 0 radical (unpaired) electrons. The van der Waals surface area contributed by atoms with Gasteiger partial charge in [0.2, 0.25) is 5.91 Å². The van der Waals surface area contributed by atoms with Crippen molar-refractivity contribution < 1.29 is 15.0 Å². The van der Waals surface area contributed by atoms with E-state index < -0.39 is 12.1 Å².